The van der Waals surface area contributed by atoms with Crippen molar-refractivity contribution in [1.82, 2.24) is 9.55 Å². The Morgan fingerprint density at radius 3 is 2.78 bits per heavy atom. The molecule has 1 N–H and O–H groups in total. The van der Waals surface area contributed by atoms with Gasteiger partial charge in [0, 0.05) is 5.69 Å². The number of fused-ring (bicyclic) bond motifs is 1. The Hall–Kier alpha value is -3.55. The minimum atomic E-state index is -1.12. The lowest BCUT2D eigenvalue weighted by atomic mass is 10.2. The van der Waals surface area contributed by atoms with Gasteiger partial charge in [0.2, 0.25) is 0 Å². The number of hydrogen-bond acceptors (Lipinski definition) is 5. The van der Waals surface area contributed by atoms with Gasteiger partial charge in [0.1, 0.15) is 12.4 Å². The quantitative estimate of drug-likeness (QED) is 0.696. The van der Waals surface area contributed by atoms with Gasteiger partial charge in [-0.1, -0.05) is 18.2 Å². The summed E-state index contributed by atoms with van der Waals surface area (Å²) in [7, 11) is 0. The van der Waals surface area contributed by atoms with Crippen molar-refractivity contribution >= 4 is 28.5 Å². The second-order valence-corrected chi connectivity index (χ2v) is 5.83. The molecule has 0 unspecified atom stereocenters. The Labute approximate surface area is 153 Å². The van der Waals surface area contributed by atoms with Crippen molar-refractivity contribution in [2.45, 2.75) is 19.6 Å². The number of esters is 1. The number of aromatic nitrogens is 2. The first-order chi connectivity index (χ1) is 12.9. The van der Waals surface area contributed by atoms with Crippen LogP contribution < -0.4 is 10.9 Å². The van der Waals surface area contributed by atoms with Crippen LogP contribution in [0.4, 0.5) is 10.1 Å². The predicted molar refractivity (Wildman–Crippen MR) is 96.6 cm³/mol. The van der Waals surface area contributed by atoms with Crippen molar-refractivity contribution in [3.63, 3.8) is 0 Å². The number of amides is 1. The maximum Gasteiger partial charge on any atom is 0.326 e. The van der Waals surface area contributed by atoms with Gasteiger partial charge < -0.3 is 10.1 Å². The zero-order chi connectivity index (χ0) is 19.4. The zero-order valence-electron chi connectivity index (χ0n) is 14.4. The maximum atomic E-state index is 13.1. The fourth-order valence-corrected chi connectivity index (χ4v) is 2.46. The van der Waals surface area contributed by atoms with E-state index in [0.29, 0.717) is 10.9 Å². The largest absolute Gasteiger partial charge is 0.451 e. The number of nitrogens with one attached hydrogen (secondary N) is 1. The number of benzene rings is 2. The number of nitrogens with zero attached hydrogens (tertiary/aromatic N) is 2. The second-order valence-electron chi connectivity index (χ2n) is 5.83. The van der Waals surface area contributed by atoms with Crippen molar-refractivity contribution in [2.75, 3.05) is 5.32 Å². The van der Waals surface area contributed by atoms with E-state index in [9.17, 15) is 18.8 Å². The van der Waals surface area contributed by atoms with Crippen LogP contribution in [0.3, 0.4) is 0 Å². The van der Waals surface area contributed by atoms with Crippen LogP contribution >= 0.6 is 0 Å². The molecule has 3 aromatic rings. The summed E-state index contributed by atoms with van der Waals surface area (Å²) in [6.45, 7) is 1.00. The zero-order valence-corrected chi connectivity index (χ0v) is 14.4. The Morgan fingerprint density at radius 2 is 2.00 bits per heavy atom. The lowest BCUT2D eigenvalue weighted by molar-refractivity contribution is -0.153. The van der Waals surface area contributed by atoms with Crippen LogP contribution in [0.1, 0.15) is 6.92 Å². The molecule has 1 aromatic heterocycles. The molecule has 0 aliphatic carbocycles. The molecule has 1 amide bonds. The van der Waals surface area contributed by atoms with E-state index in [1.54, 1.807) is 24.3 Å². The van der Waals surface area contributed by atoms with Gasteiger partial charge in [-0.05, 0) is 37.3 Å². The Bertz CT molecular complexity index is 1060. The first kappa shape index (κ1) is 18.2. The van der Waals surface area contributed by atoms with Crippen LogP contribution in [0, 0.1) is 5.82 Å². The minimum absolute atomic E-state index is 0.248. The first-order valence-electron chi connectivity index (χ1n) is 8.14. The summed E-state index contributed by atoms with van der Waals surface area (Å²) in [6.07, 6.45) is 0.133. The molecule has 0 aliphatic rings. The van der Waals surface area contributed by atoms with E-state index in [0.717, 1.165) is 10.6 Å². The average Bonchev–Trinajstić information content (AvgIpc) is 2.64. The Morgan fingerprint density at radius 1 is 1.22 bits per heavy atom. The summed E-state index contributed by atoms with van der Waals surface area (Å²) in [5.74, 6) is -1.88. The fourth-order valence-electron chi connectivity index (χ4n) is 2.46. The van der Waals surface area contributed by atoms with Crippen LogP contribution in [-0.2, 0) is 20.9 Å². The minimum Gasteiger partial charge on any atom is -0.451 e. The van der Waals surface area contributed by atoms with E-state index in [4.69, 9.17) is 4.74 Å². The number of rotatable bonds is 5. The van der Waals surface area contributed by atoms with Gasteiger partial charge in [0.15, 0.2) is 6.10 Å². The van der Waals surface area contributed by atoms with Crippen molar-refractivity contribution < 1.29 is 18.7 Å². The molecule has 0 bridgehead atoms. The molecule has 0 radical (unpaired) electrons. The normalized spacial score (nSPS) is 11.8. The molecule has 7 nitrogen and oxygen atoms in total. The third kappa shape index (κ3) is 4.35. The molecule has 0 saturated heterocycles. The third-order valence-electron chi connectivity index (χ3n) is 3.80. The van der Waals surface area contributed by atoms with Gasteiger partial charge in [0.25, 0.3) is 11.5 Å². The number of hydrogen-bond donors (Lipinski definition) is 1. The average molecular weight is 369 g/mol. The van der Waals surface area contributed by atoms with Gasteiger partial charge in [0.05, 0.1) is 17.2 Å². The standard InChI is InChI=1S/C19H16FN3O4/c1-12(18(25)22-14-6-4-5-13(20)9-14)27-17(24)10-23-11-21-16-8-3-2-7-15(16)19(23)26/h2-9,11-12H,10H2,1H3,(H,22,25)/t12-/m1/s1. The summed E-state index contributed by atoms with van der Waals surface area (Å²) >= 11 is 0. The SMILES string of the molecule is C[C@@H](OC(=O)Cn1cnc2ccccc2c1=O)C(=O)Nc1cccc(F)c1. The summed E-state index contributed by atoms with van der Waals surface area (Å²) in [4.78, 5) is 40.6. The van der Waals surface area contributed by atoms with E-state index in [2.05, 4.69) is 10.3 Å². The Kier molecular flexibility index (Phi) is 5.25. The van der Waals surface area contributed by atoms with Crippen molar-refractivity contribution in [2.24, 2.45) is 0 Å². The molecule has 0 fully saturated rings. The number of ether oxygens (including phenoxy) is 1. The molecule has 27 heavy (non-hydrogen) atoms. The summed E-state index contributed by atoms with van der Waals surface area (Å²) in [6, 6.07) is 12.1. The summed E-state index contributed by atoms with van der Waals surface area (Å²) in [5.41, 5.74) is 0.391. The van der Waals surface area contributed by atoms with Crippen LogP contribution in [0.25, 0.3) is 10.9 Å². The molecular formula is C19H16FN3O4. The highest BCUT2D eigenvalue weighted by Gasteiger charge is 2.19. The van der Waals surface area contributed by atoms with Gasteiger partial charge in [-0.3, -0.25) is 19.0 Å². The highest BCUT2D eigenvalue weighted by Crippen LogP contribution is 2.10. The molecule has 138 valence electrons. The third-order valence-corrected chi connectivity index (χ3v) is 3.80. The van der Waals surface area contributed by atoms with E-state index in [1.807, 2.05) is 0 Å². The van der Waals surface area contributed by atoms with Crippen LogP contribution in [-0.4, -0.2) is 27.5 Å². The molecule has 3 rings (SSSR count). The summed E-state index contributed by atoms with van der Waals surface area (Å²) in [5, 5.41) is 2.83. The lowest BCUT2D eigenvalue weighted by Crippen LogP contribution is -2.33. The van der Waals surface area contributed by atoms with E-state index >= 15 is 0 Å². The topological polar surface area (TPSA) is 90.3 Å². The van der Waals surface area contributed by atoms with E-state index in [-0.39, 0.29) is 17.8 Å². The molecule has 1 heterocycles. The second kappa shape index (κ2) is 7.77. The van der Waals surface area contributed by atoms with Gasteiger partial charge >= 0.3 is 5.97 Å². The first-order valence-corrected chi connectivity index (χ1v) is 8.14. The van der Waals surface area contributed by atoms with E-state index in [1.165, 1.54) is 31.5 Å². The molecule has 8 heteroatoms. The highest BCUT2D eigenvalue weighted by molar-refractivity contribution is 5.95. The lowest BCUT2D eigenvalue weighted by Gasteiger charge is -2.14. The molecule has 0 spiro atoms. The number of anilines is 1. The van der Waals surface area contributed by atoms with Crippen LogP contribution in [0.15, 0.2) is 59.7 Å². The monoisotopic (exact) mass is 369 g/mol. The molecule has 2 aromatic carbocycles. The van der Waals surface area contributed by atoms with Crippen LogP contribution in [0.2, 0.25) is 0 Å². The molecule has 1 atom stereocenters. The van der Waals surface area contributed by atoms with Crippen molar-refractivity contribution in [3.05, 3.63) is 71.0 Å². The number of halogens is 1. The number of carbonyl (C=O) groups excluding carboxylic acids is 2. The maximum absolute atomic E-state index is 13.1. The Balaban J connectivity index is 1.64. The molecule has 0 saturated carbocycles. The van der Waals surface area contributed by atoms with Crippen molar-refractivity contribution in [1.29, 1.82) is 0 Å². The molecular weight excluding hydrogens is 353 g/mol. The smallest absolute Gasteiger partial charge is 0.326 e. The number of carbonyl (C=O) groups is 2. The van der Waals surface area contributed by atoms with Crippen LogP contribution in [0.5, 0.6) is 0 Å². The number of para-hydroxylation sites is 1. The summed E-state index contributed by atoms with van der Waals surface area (Å²) < 4.78 is 19.3. The van der Waals surface area contributed by atoms with Gasteiger partial charge in [-0.15, -0.1) is 0 Å². The highest BCUT2D eigenvalue weighted by atomic mass is 19.1. The van der Waals surface area contributed by atoms with Gasteiger partial charge in [-0.2, -0.15) is 0 Å². The van der Waals surface area contributed by atoms with Crippen molar-refractivity contribution in [3.8, 4) is 0 Å². The van der Waals surface area contributed by atoms with Gasteiger partial charge in [-0.25, -0.2) is 9.37 Å². The molecule has 0 aliphatic heterocycles. The van der Waals surface area contributed by atoms with E-state index < -0.39 is 23.8 Å². The predicted octanol–water partition coefficient (Wildman–Crippen LogP) is 2.11. The fraction of sp³-hybridized carbons (Fsp3) is 0.158.